The maximum Gasteiger partial charge on any atom is 0.310 e. The minimum absolute atomic E-state index is 0.0120. The topological polar surface area (TPSA) is 26.3 Å². The molecule has 90 valence electrons. The van der Waals surface area contributed by atoms with Gasteiger partial charge in [0.2, 0.25) is 0 Å². The van der Waals surface area contributed by atoms with Crippen molar-refractivity contribution < 1.29 is 9.53 Å². The summed E-state index contributed by atoms with van der Waals surface area (Å²) in [5, 5.41) is 0. The van der Waals surface area contributed by atoms with E-state index in [4.69, 9.17) is 4.74 Å². The highest BCUT2D eigenvalue weighted by Gasteiger charge is 2.60. The molecular weight excluding hydrogens is 212 g/mol. The van der Waals surface area contributed by atoms with Crippen molar-refractivity contribution in [3.63, 3.8) is 0 Å². The Morgan fingerprint density at radius 2 is 2.00 bits per heavy atom. The first-order valence-corrected chi connectivity index (χ1v) is 6.28. The van der Waals surface area contributed by atoms with E-state index in [1.165, 1.54) is 11.1 Å². The molecule has 0 saturated heterocycles. The molecule has 17 heavy (non-hydrogen) atoms. The zero-order valence-corrected chi connectivity index (χ0v) is 10.6. The van der Waals surface area contributed by atoms with E-state index in [9.17, 15) is 4.79 Å². The average molecular weight is 230 g/mol. The zero-order valence-electron chi connectivity index (χ0n) is 10.6. The number of rotatable bonds is 1. The predicted octanol–water partition coefficient (Wildman–Crippen LogP) is 2.91. The molecule has 1 aromatic carbocycles. The third-order valence-corrected chi connectivity index (χ3v) is 3.72. The van der Waals surface area contributed by atoms with Crippen LogP contribution in [0.2, 0.25) is 0 Å². The van der Waals surface area contributed by atoms with E-state index in [1.54, 1.807) is 0 Å². The standard InChI is InChI=1S/C15H18O2/c1-15(2,3)17-14(16)13-11-8-9-6-4-5-7-10(9)12(11)13/h4-7,11-13H,8H2,1-3H3/t11-,12+,13+/m1/s1. The van der Waals surface area contributed by atoms with Gasteiger partial charge >= 0.3 is 5.97 Å². The van der Waals surface area contributed by atoms with Gasteiger partial charge in [-0.25, -0.2) is 0 Å². The van der Waals surface area contributed by atoms with Crippen LogP contribution in [0.1, 0.15) is 37.8 Å². The number of carbonyl (C=O) groups is 1. The Labute approximate surface area is 102 Å². The van der Waals surface area contributed by atoms with E-state index >= 15 is 0 Å². The summed E-state index contributed by atoms with van der Waals surface area (Å²) in [4.78, 5) is 12.0. The lowest BCUT2D eigenvalue weighted by atomic mass is 10.0. The molecule has 0 amide bonds. The zero-order chi connectivity index (χ0) is 12.2. The van der Waals surface area contributed by atoms with Crippen molar-refractivity contribution in [1.29, 1.82) is 0 Å². The molecule has 2 nitrogen and oxygen atoms in total. The lowest BCUT2D eigenvalue weighted by Crippen LogP contribution is -2.26. The van der Waals surface area contributed by atoms with Crippen LogP contribution in [0.25, 0.3) is 0 Å². The molecule has 0 radical (unpaired) electrons. The Hall–Kier alpha value is -1.31. The normalized spacial score (nSPS) is 29.5. The van der Waals surface area contributed by atoms with Gasteiger partial charge in [-0.1, -0.05) is 24.3 Å². The van der Waals surface area contributed by atoms with E-state index in [0.717, 1.165) is 6.42 Å². The van der Waals surface area contributed by atoms with E-state index in [-0.39, 0.29) is 17.5 Å². The second-order valence-electron chi connectivity index (χ2n) is 6.15. The maximum atomic E-state index is 12.0. The highest BCUT2D eigenvalue weighted by molar-refractivity contribution is 5.80. The quantitative estimate of drug-likeness (QED) is 0.693. The van der Waals surface area contributed by atoms with Crippen LogP contribution in [0.5, 0.6) is 0 Å². The first kappa shape index (κ1) is 10.8. The van der Waals surface area contributed by atoms with Crippen molar-refractivity contribution in [2.24, 2.45) is 11.8 Å². The van der Waals surface area contributed by atoms with Gasteiger partial charge in [0.15, 0.2) is 0 Å². The maximum absolute atomic E-state index is 12.0. The van der Waals surface area contributed by atoms with Gasteiger partial charge in [-0.2, -0.15) is 0 Å². The van der Waals surface area contributed by atoms with Crippen LogP contribution in [0, 0.1) is 11.8 Å². The fraction of sp³-hybridized carbons (Fsp3) is 0.533. The van der Waals surface area contributed by atoms with E-state index in [2.05, 4.69) is 24.3 Å². The summed E-state index contributed by atoms with van der Waals surface area (Å²) in [7, 11) is 0. The summed E-state index contributed by atoms with van der Waals surface area (Å²) in [5.41, 5.74) is 2.42. The molecule has 0 heterocycles. The van der Waals surface area contributed by atoms with Gasteiger partial charge in [-0.3, -0.25) is 4.79 Å². The smallest absolute Gasteiger partial charge is 0.310 e. The monoisotopic (exact) mass is 230 g/mol. The molecule has 3 rings (SSSR count). The summed E-state index contributed by atoms with van der Waals surface area (Å²) < 4.78 is 5.47. The van der Waals surface area contributed by atoms with Crippen LogP contribution >= 0.6 is 0 Å². The van der Waals surface area contributed by atoms with Gasteiger partial charge in [-0.05, 0) is 44.2 Å². The van der Waals surface area contributed by atoms with Crippen LogP contribution in [0.4, 0.5) is 0 Å². The Morgan fingerprint density at radius 1 is 1.29 bits per heavy atom. The minimum Gasteiger partial charge on any atom is -0.460 e. The summed E-state index contributed by atoms with van der Waals surface area (Å²) in [6.45, 7) is 5.78. The van der Waals surface area contributed by atoms with Crippen LogP contribution in [-0.4, -0.2) is 11.6 Å². The Balaban J connectivity index is 1.75. The highest BCUT2D eigenvalue weighted by atomic mass is 16.6. The first-order valence-electron chi connectivity index (χ1n) is 6.28. The molecular formula is C15H18O2. The Morgan fingerprint density at radius 3 is 2.71 bits per heavy atom. The molecule has 1 aromatic rings. The molecule has 1 saturated carbocycles. The van der Waals surface area contributed by atoms with Gasteiger partial charge in [0.05, 0.1) is 5.92 Å². The fourth-order valence-electron chi connectivity index (χ4n) is 3.04. The third kappa shape index (κ3) is 1.76. The number of hydrogen-bond donors (Lipinski definition) is 0. The van der Waals surface area contributed by atoms with Gasteiger partial charge in [0, 0.05) is 5.92 Å². The molecule has 2 heteroatoms. The molecule has 0 unspecified atom stereocenters. The van der Waals surface area contributed by atoms with Gasteiger partial charge < -0.3 is 4.74 Å². The summed E-state index contributed by atoms with van der Waals surface area (Å²) >= 11 is 0. The van der Waals surface area contributed by atoms with Gasteiger partial charge in [-0.15, -0.1) is 0 Å². The van der Waals surface area contributed by atoms with Crippen LogP contribution in [0.15, 0.2) is 24.3 Å². The highest BCUT2D eigenvalue weighted by Crippen LogP contribution is 2.61. The lowest BCUT2D eigenvalue weighted by molar-refractivity contribution is -0.157. The summed E-state index contributed by atoms with van der Waals surface area (Å²) in [5.74, 6) is 1.04. The fourth-order valence-corrected chi connectivity index (χ4v) is 3.04. The molecule has 2 aliphatic carbocycles. The molecule has 0 aromatic heterocycles. The molecule has 0 aliphatic heterocycles. The van der Waals surface area contributed by atoms with Crippen molar-refractivity contribution in [3.05, 3.63) is 35.4 Å². The summed E-state index contributed by atoms with van der Waals surface area (Å²) in [6, 6.07) is 8.47. The van der Waals surface area contributed by atoms with Crippen LogP contribution < -0.4 is 0 Å². The lowest BCUT2D eigenvalue weighted by Gasteiger charge is -2.20. The van der Waals surface area contributed by atoms with Crippen molar-refractivity contribution in [2.75, 3.05) is 0 Å². The number of benzene rings is 1. The Bertz CT molecular complexity index is 470. The average Bonchev–Trinajstić information content (AvgIpc) is 2.80. The van der Waals surface area contributed by atoms with E-state index in [1.807, 2.05) is 20.8 Å². The van der Waals surface area contributed by atoms with Gasteiger partial charge in [0.1, 0.15) is 5.60 Å². The molecule has 0 N–H and O–H groups in total. The van der Waals surface area contributed by atoms with Crippen molar-refractivity contribution in [2.45, 2.75) is 38.7 Å². The number of fused-ring (bicyclic) bond motifs is 3. The summed E-state index contributed by atoms with van der Waals surface area (Å²) in [6.07, 6.45) is 1.05. The minimum atomic E-state index is -0.368. The second-order valence-corrected chi connectivity index (χ2v) is 6.15. The molecule has 2 aliphatic rings. The predicted molar refractivity (Wildman–Crippen MR) is 65.7 cm³/mol. The molecule has 0 bridgehead atoms. The number of esters is 1. The largest absolute Gasteiger partial charge is 0.460 e. The van der Waals surface area contributed by atoms with Crippen molar-refractivity contribution >= 4 is 5.97 Å². The molecule has 0 spiro atoms. The molecule has 3 atom stereocenters. The van der Waals surface area contributed by atoms with Gasteiger partial charge in [0.25, 0.3) is 0 Å². The first-order chi connectivity index (χ1) is 7.97. The van der Waals surface area contributed by atoms with E-state index in [0.29, 0.717) is 11.8 Å². The van der Waals surface area contributed by atoms with E-state index < -0.39 is 0 Å². The Kier molecular flexibility index (Phi) is 2.13. The second kappa shape index (κ2) is 3.34. The SMILES string of the molecule is CC(C)(C)OC(=O)[C@H]1[C@@H]2Cc3ccccc3[C@@H]21. The number of ether oxygens (including phenoxy) is 1. The number of hydrogen-bond acceptors (Lipinski definition) is 2. The van der Waals surface area contributed by atoms with Crippen LogP contribution in [-0.2, 0) is 16.0 Å². The van der Waals surface area contributed by atoms with Crippen molar-refractivity contribution in [1.82, 2.24) is 0 Å². The molecule has 1 fully saturated rings. The van der Waals surface area contributed by atoms with Crippen molar-refractivity contribution in [3.8, 4) is 0 Å². The third-order valence-electron chi connectivity index (χ3n) is 3.72. The van der Waals surface area contributed by atoms with Crippen LogP contribution in [0.3, 0.4) is 0 Å². The number of carbonyl (C=O) groups excluding carboxylic acids is 1.